The highest BCUT2D eigenvalue weighted by atomic mass is 20.0. The van der Waals surface area contributed by atoms with Gasteiger partial charge in [-0.1, -0.05) is 53.7 Å². The molecule has 0 bridgehead atoms. The maximum Gasteiger partial charge on any atom is 0.142 e. The van der Waals surface area contributed by atoms with Gasteiger partial charge in [0.15, 0.2) is 0 Å². The van der Waals surface area contributed by atoms with Crippen molar-refractivity contribution in [2.45, 2.75) is 48.5 Å². The number of para-hydroxylation sites is 2. The molecule has 0 fully saturated rings. The second kappa shape index (κ2) is 308. The average Bonchev–Trinajstić information content (AvgIpc) is 3.21. The Morgan fingerprint density at radius 1 is 0.523 bits per heavy atom. The van der Waals surface area contributed by atoms with E-state index in [4.69, 9.17) is 120 Å². The Balaban J connectivity index is -0.0000000172. The summed E-state index contributed by atoms with van der Waals surface area (Å²) in [5.41, 5.74) is 1.19. The molecule has 27 heteroatoms. The van der Waals surface area contributed by atoms with Crippen molar-refractivity contribution in [2.24, 2.45) is 0 Å². The van der Waals surface area contributed by atoms with Crippen molar-refractivity contribution >= 4 is 5.69 Å². The zero-order chi connectivity index (χ0) is 40.4. The fraction of sp³-hybridized carbons (Fsp3) is 0.647. The molecule has 0 spiro atoms. The number of anilines is 1. The molecule has 0 aliphatic carbocycles. The molecule has 0 saturated carbocycles. The van der Waals surface area contributed by atoms with Crippen LogP contribution in [0.2, 0.25) is 0 Å². The summed E-state index contributed by atoms with van der Waals surface area (Å²) in [6.07, 6.45) is 0. The van der Waals surface area contributed by atoms with E-state index in [2.05, 4.69) is 18.0 Å². The first-order chi connectivity index (χ1) is 21.8. The van der Waals surface area contributed by atoms with Crippen LogP contribution in [0.4, 0.5) is 115 Å². The summed E-state index contributed by atoms with van der Waals surface area (Å²) in [6.45, 7) is 15.7. The van der Waals surface area contributed by atoms with Gasteiger partial charge in [-0.05, 0) is 19.1 Å². The third kappa shape index (κ3) is 173. The molecular formula is C17H35F24NO2. The van der Waals surface area contributed by atoms with Gasteiger partial charge in [0.05, 0.1) is 12.2 Å². The molecule has 0 saturated heterocycles. The number of hydrogen-bond donors (Lipinski definition) is 1. The minimum absolute atomic E-state index is 0.250. The lowest BCUT2D eigenvalue weighted by molar-refractivity contribution is 0.108. The number of rotatable bonds is 0. The van der Waals surface area contributed by atoms with Crippen molar-refractivity contribution in [3.8, 4) is 5.75 Å². The van der Waals surface area contributed by atoms with Crippen LogP contribution in [0, 0.1) is 0 Å². The second-order valence-corrected chi connectivity index (χ2v) is 3.05. The lowest BCUT2D eigenvalue weighted by atomic mass is 10.2. The maximum absolute atomic E-state index is 8.00. The topological polar surface area (TPSA) is 32.7 Å². The van der Waals surface area contributed by atoms with Gasteiger partial charge in [-0.3, -0.25) is 0 Å². The number of likely N-dealkylation sites (N-methyl/N-ethyl adjacent to an activating group) is 1. The first-order valence-corrected chi connectivity index (χ1v) is 9.54. The molecule has 0 radical (unpaired) electrons. The average molecular weight is 741 g/mol. The van der Waals surface area contributed by atoms with Crippen molar-refractivity contribution in [3.63, 3.8) is 0 Å². The molecule has 1 aliphatic rings. The summed E-state index contributed by atoms with van der Waals surface area (Å²) in [5, 5.41) is 7.57. The lowest BCUT2D eigenvalue weighted by Crippen LogP contribution is -2.28. The van der Waals surface area contributed by atoms with Crippen LogP contribution in [-0.4, -0.2) is 31.9 Å². The van der Waals surface area contributed by atoms with E-state index in [9.17, 15) is 0 Å². The Kier molecular flexibility index (Phi) is 680. The molecular weight excluding hydrogens is 706 g/mol. The molecule has 0 aromatic heterocycles. The van der Waals surface area contributed by atoms with E-state index in [1.807, 2.05) is 59.7 Å². The number of benzene rings is 1. The van der Waals surface area contributed by atoms with E-state index >= 15 is 0 Å². The Morgan fingerprint density at radius 2 is 0.727 bits per heavy atom. The highest BCUT2D eigenvalue weighted by Crippen LogP contribution is 2.29. The molecule has 0 atom stereocenters. The Labute approximate surface area is 236 Å². The quantitative estimate of drug-likeness (QED) is 0.269. The van der Waals surface area contributed by atoms with Crippen LogP contribution in [0.15, 0.2) is 24.3 Å². The molecule has 1 heterocycles. The van der Waals surface area contributed by atoms with E-state index in [0.717, 1.165) is 18.9 Å². The summed E-state index contributed by atoms with van der Waals surface area (Å²) in [5.74, 6) is 1.00. The van der Waals surface area contributed by atoms with Gasteiger partial charge in [-0.2, -0.15) is 0 Å². The lowest BCUT2D eigenvalue weighted by Gasteiger charge is -2.27. The summed E-state index contributed by atoms with van der Waals surface area (Å²) >= 11 is 0. The number of fused-ring (bicyclic) bond motifs is 1. The van der Waals surface area contributed by atoms with Crippen molar-refractivity contribution in [2.75, 3.05) is 31.7 Å². The monoisotopic (exact) mass is 741 g/mol. The fourth-order valence-electron chi connectivity index (χ4n) is 1.31. The van der Waals surface area contributed by atoms with Crippen molar-refractivity contribution in [3.05, 3.63) is 24.3 Å². The van der Waals surface area contributed by atoms with Gasteiger partial charge in [0, 0.05) is 123 Å². The molecule has 2 rings (SSSR count). The summed E-state index contributed by atoms with van der Waals surface area (Å²) in [4.78, 5) is 2.21. The van der Waals surface area contributed by atoms with E-state index in [0.29, 0.717) is 0 Å². The van der Waals surface area contributed by atoms with Gasteiger partial charge in [-0.15, -0.1) is 0 Å². The van der Waals surface area contributed by atoms with Gasteiger partial charge in [0.2, 0.25) is 0 Å². The number of hydrogen-bond acceptors (Lipinski definition) is 3. The van der Waals surface area contributed by atoms with E-state index < -0.39 is 0 Å². The van der Waals surface area contributed by atoms with Gasteiger partial charge in [-0.25, -0.2) is 0 Å². The Bertz CT molecular complexity index is 321. The largest absolute Gasteiger partial charge is 0.490 e. The van der Waals surface area contributed by atoms with Crippen LogP contribution >= 0.6 is 0 Å². The molecule has 1 aromatic carbocycles. The number of aliphatic hydroxyl groups is 1. The first-order valence-electron chi connectivity index (χ1n) is 9.54. The predicted molar refractivity (Wildman–Crippen MR) is 119 cm³/mol. The Morgan fingerprint density at radius 3 is 0.932 bits per heavy atom. The number of ether oxygens (including phenoxy) is 1. The van der Waals surface area contributed by atoms with Crippen LogP contribution in [0.5, 0.6) is 5.75 Å². The SMILES string of the molecule is CC.CC.CC.CCO.CN1CCOc2ccccc21.FF.FF.FF.FF.FF.FF.FF.FF.FF.FF.FF.FF. The van der Waals surface area contributed by atoms with Crippen LogP contribution in [0.25, 0.3) is 0 Å². The van der Waals surface area contributed by atoms with Gasteiger partial charge in [0.1, 0.15) is 12.4 Å². The first kappa shape index (κ1) is 97.0. The van der Waals surface area contributed by atoms with Crippen LogP contribution in [0.1, 0.15) is 48.5 Å². The molecule has 288 valence electrons. The summed E-state index contributed by atoms with van der Waals surface area (Å²) < 4.78 is 197. The highest BCUT2D eigenvalue weighted by Gasteiger charge is 2.12. The molecule has 0 amide bonds. The van der Waals surface area contributed by atoms with Gasteiger partial charge >= 0.3 is 0 Å². The fourth-order valence-corrected chi connectivity index (χ4v) is 1.31. The van der Waals surface area contributed by atoms with Crippen molar-refractivity contribution in [1.29, 1.82) is 0 Å². The number of nitrogens with zero attached hydrogens (tertiary/aromatic N) is 1. The summed E-state index contributed by atoms with van der Waals surface area (Å²) in [7, 11) is 2.08. The Hall–Kier alpha value is -2.90. The third-order valence-corrected chi connectivity index (χ3v) is 1.96. The van der Waals surface area contributed by atoms with Crippen molar-refractivity contribution < 1.29 is 120 Å². The minimum Gasteiger partial charge on any atom is -0.490 e. The second-order valence-electron chi connectivity index (χ2n) is 3.05. The van der Waals surface area contributed by atoms with Gasteiger partial charge < -0.3 is 14.7 Å². The molecule has 1 N–H and O–H groups in total. The van der Waals surface area contributed by atoms with Crippen LogP contribution in [0.3, 0.4) is 0 Å². The smallest absolute Gasteiger partial charge is 0.142 e. The molecule has 0 unspecified atom stereocenters. The molecule has 3 nitrogen and oxygen atoms in total. The zero-order valence-electron chi connectivity index (χ0n) is 23.8. The van der Waals surface area contributed by atoms with Crippen LogP contribution < -0.4 is 9.64 Å². The summed E-state index contributed by atoms with van der Waals surface area (Å²) in [6, 6.07) is 8.11. The van der Waals surface area contributed by atoms with Gasteiger partial charge in [0.25, 0.3) is 0 Å². The van der Waals surface area contributed by atoms with Crippen molar-refractivity contribution in [1.82, 2.24) is 0 Å². The predicted octanol–water partition coefficient (Wildman–Crippen LogP) is 14.7. The standard InChI is InChI=1S/C9H11NO.C2H6O.3C2H6.12F2/c1-10-6-7-11-9-5-3-2-4-8(9)10;1-2-3;15*1-2/h2-5H,6-7H2,1H3;3H,2H2,1H3;3*1-2H3;;;;;;;;;;;;. The molecule has 44 heavy (non-hydrogen) atoms. The van der Waals surface area contributed by atoms with E-state index in [1.165, 1.54) is 5.69 Å². The molecule has 1 aromatic rings. The van der Waals surface area contributed by atoms with E-state index in [-0.39, 0.29) is 6.61 Å². The number of halogens is 24. The van der Waals surface area contributed by atoms with Crippen LogP contribution in [-0.2, 0) is 0 Å². The maximum atomic E-state index is 8.00. The third-order valence-electron chi connectivity index (χ3n) is 1.96. The molecule has 1 aliphatic heterocycles. The number of aliphatic hydroxyl groups excluding tert-OH is 1. The highest BCUT2D eigenvalue weighted by molar-refractivity contribution is 5.58. The normalized spacial score (nSPS) is 6.34. The van der Waals surface area contributed by atoms with E-state index in [1.54, 1.807) is 6.92 Å². The zero-order valence-corrected chi connectivity index (χ0v) is 23.8. The minimum atomic E-state index is 0.250.